The molecule has 0 saturated carbocycles. The van der Waals surface area contributed by atoms with Gasteiger partial charge in [0.2, 0.25) is 0 Å². The van der Waals surface area contributed by atoms with Crippen molar-refractivity contribution in [3.63, 3.8) is 0 Å². The normalized spacial score (nSPS) is 13.4. The van der Waals surface area contributed by atoms with Crippen molar-refractivity contribution < 1.29 is 9.13 Å². The fourth-order valence-corrected chi connectivity index (χ4v) is 2.29. The first-order chi connectivity index (χ1) is 10.6. The predicted octanol–water partition coefficient (Wildman–Crippen LogP) is 3.10. The number of hydrogen-bond donors (Lipinski definition) is 1. The molecule has 0 spiro atoms. The zero-order valence-electron chi connectivity index (χ0n) is 12.3. The number of methoxy groups -OCH3 is 1. The Kier molecular flexibility index (Phi) is 4.98. The molecule has 2 atom stereocenters. The van der Waals surface area contributed by atoms with Crippen molar-refractivity contribution >= 4 is 5.82 Å². The number of nitrogens with two attached hydrogens (primary N) is 1. The van der Waals surface area contributed by atoms with E-state index >= 15 is 0 Å². The van der Waals surface area contributed by atoms with Gasteiger partial charge < -0.3 is 10.5 Å². The SMILES string of the molecule is CO[C@H](c1ccc(-n2nc(C)cc2N)cc1)[C@@H](CF)N=[N+]=[N-]. The molecule has 22 heavy (non-hydrogen) atoms. The maximum Gasteiger partial charge on any atom is 0.127 e. The molecule has 116 valence electrons. The van der Waals surface area contributed by atoms with Crippen LogP contribution < -0.4 is 5.73 Å². The lowest BCUT2D eigenvalue weighted by molar-refractivity contribution is 0.0722. The topological polar surface area (TPSA) is 102 Å². The van der Waals surface area contributed by atoms with Gasteiger partial charge >= 0.3 is 0 Å². The molecule has 0 radical (unpaired) electrons. The number of aryl methyl sites for hydroxylation is 1. The maximum atomic E-state index is 13.0. The van der Waals surface area contributed by atoms with Crippen LogP contribution in [-0.4, -0.2) is 29.6 Å². The molecule has 1 aromatic heterocycles. The molecule has 8 heteroatoms. The average molecular weight is 304 g/mol. The van der Waals surface area contributed by atoms with Crippen LogP contribution in [0.2, 0.25) is 0 Å². The molecule has 2 N–H and O–H groups in total. The van der Waals surface area contributed by atoms with Crippen molar-refractivity contribution in [2.75, 3.05) is 19.5 Å². The van der Waals surface area contributed by atoms with Crippen molar-refractivity contribution in [1.29, 1.82) is 0 Å². The van der Waals surface area contributed by atoms with Gasteiger partial charge in [-0.05, 0) is 30.2 Å². The van der Waals surface area contributed by atoms with E-state index in [4.69, 9.17) is 16.0 Å². The molecular weight excluding hydrogens is 287 g/mol. The Morgan fingerprint density at radius 2 is 2.14 bits per heavy atom. The summed E-state index contributed by atoms with van der Waals surface area (Å²) in [6.45, 7) is 1.06. The van der Waals surface area contributed by atoms with Crippen molar-refractivity contribution in [2.24, 2.45) is 5.11 Å². The molecule has 0 amide bonds. The highest BCUT2D eigenvalue weighted by Gasteiger charge is 2.22. The summed E-state index contributed by atoms with van der Waals surface area (Å²) in [6.07, 6.45) is -0.647. The van der Waals surface area contributed by atoms with Gasteiger partial charge in [-0.25, -0.2) is 4.68 Å². The van der Waals surface area contributed by atoms with Crippen LogP contribution in [0.4, 0.5) is 10.2 Å². The number of nitrogen functional groups attached to an aromatic ring is 1. The Labute approximate surface area is 127 Å². The number of rotatable bonds is 6. The summed E-state index contributed by atoms with van der Waals surface area (Å²) < 4.78 is 19.9. The van der Waals surface area contributed by atoms with Gasteiger partial charge in [0.15, 0.2) is 0 Å². The van der Waals surface area contributed by atoms with Crippen molar-refractivity contribution in [1.82, 2.24) is 9.78 Å². The van der Waals surface area contributed by atoms with Crippen LogP contribution in [0.3, 0.4) is 0 Å². The summed E-state index contributed by atoms with van der Waals surface area (Å²) in [5.74, 6) is 0.532. The summed E-state index contributed by atoms with van der Waals surface area (Å²) in [5.41, 5.74) is 16.7. The number of anilines is 1. The number of ether oxygens (including phenoxy) is 1. The second kappa shape index (κ2) is 6.93. The first kappa shape index (κ1) is 15.8. The Hall–Kier alpha value is -2.57. The minimum absolute atomic E-state index is 0.532. The van der Waals surface area contributed by atoms with E-state index < -0.39 is 18.8 Å². The summed E-state index contributed by atoms with van der Waals surface area (Å²) in [6, 6.07) is 8.01. The number of azide groups is 1. The molecule has 0 bridgehead atoms. The molecular formula is C14H17FN6O. The minimum Gasteiger partial charge on any atom is -0.384 e. The highest BCUT2D eigenvalue weighted by atomic mass is 19.1. The van der Waals surface area contributed by atoms with Crippen LogP contribution in [0.1, 0.15) is 17.4 Å². The van der Waals surface area contributed by atoms with Crippen LogP contribution in [0.15, 0.2) is 35.4 Å². The van der Waals surface area contributed by atoms with Gasteiger partial charge in [-0.2, -0.15) is 5.10 Å². The lowest BCUT2D eigenvalue weighted by Crippen LogP contribution is -2.20. The van der Waals surface area contributed by atoms with E-state index in [2.05, 4.69) is 15.1 Å². The van der Waals surface area contributed by atoms with E-state index in [-0.39, 0.29) is 0 Å². The Morgan fingerprint density at radius 3 is 2.59 bits per heavy atom. The predicted molar refractivity (Wildman–Crippen MR) is 81.4 cm³/mol. The standard InChI is InChI=1S/C14H17FN6O/c1-9-7-13(16)21(19-9)11-5-3-10(4-6-11)14(22-2)12(8-15)18-20-17/h3-7,12,14H,8,16H2,1-2H3/t12-,14-/m1/s1. The number of halogens is 1. The largest absolute Gasteiger partial charge is 0.384 e. The van der Waals surface area contributed by atoms with E-state index in [1.165, 1.54) is 7.11 Å². The summed E-state index contributed by atoms with van der Waals surface area (Å²) in [7, 11) is 1.45. The smallest absolute Gasteiger partial charge is 0.127 e. The first-order valence-electron chi connectivity index (χ1n) is 6.66. The molecule has 0 unspecified atom stereocenters. The van der Waals surface area contributed by atoms with E-state index in [0.29, 0.717) is 11.4 Å². The second-order valence-corrected chi connectivity index (χ2v) is 4.80. The summed E-state index contributed by atoms with van der Waals surface area (Å²) >= 11 is 0. The third-order valence-corrected chi connectivity index (χ3v) is 3.29. The van der Waals surface area contributed by atoms with Gasteiger partial charge in [-0.15, -0.1) is 0 Å². The van der Waals surface area contributed by atoms with Crippen molar-refractivity contribution in [2.45, 2.75) is 19.1 Å². The summed E-state index contributed by atoms with van der Waals surface area (Å²) in [5, 5.41) is 7.72. The van der Waals surface area contributed by atoms with Gasteiger partial charge in [-0.3, -0.25) is 4.39 Å². The average Bonchev–Trinajstić information content (AvgIpc) is 2.86. The van der Waals surface area contributed by atoms with Crippen LogP contribution in [0.5, 0.6) is 0 Å². The van der Waals surface area contributed by atoms with Gasteiger partial charge in [-0.1, -0.05) is 17.2 Å². The van der Waals surface area contributed by atoms with E-state index in [1.807, 2.05) is 6.92 Å². The number of benzene rings is 1. The summed E-state index contributed by atoms with van der Waals surface area (Å²) in [4.78, 5) is 2.66. The first-order valence-corrected chi connectivity index (χ1v) is 6.66. The van der Waals surface area contributed by atoms with Gasteiger partial charge in [0.25, 0.3) is 0 Å². The third kappa shape index (κ3) is 3.19. The van der Waals surface area contributed by atoms with Crippen LogP contribution >= 0.6 is 0 Å². The second-order valence-electron chi connectivity index (χ2n) is 4.80. The quantitative estimate of drug-likeness (QED) is 0.504. The molecule has 0 fully saturated rings. The van der Waals surface area contributed by atoms with E-state index in [9.17, 15) is 4.39 Å². The number of alkyl halides is 1. The monoisotopic (exact) mass is 304 g/mol. The van der Waals surface area contributed by atoms with Crippen molar-refractivity contribution in [3.8, 4) is 5.69 Å². The lowest BCUT2D eigenvalue weighted by atomic mass is 10.0. The Bertz CT molecular complexity index is 677. The minimum atomic E-state index is -0.905. The molecule has 1 aromatic carbocycles. The molecule has 2 rings (SSSR count). The van der Waals surface area contributed by atoms with Crippen molar-refractivity contribution in [3.05, 3.63) is 52.0 Å². The van der Waals surface area contributed by atoms with E-state index in [0.717, 1.165) is 11.4 Å². The highest BCUT2D eigenvalue weighted by Crippen LogP contribution is 2.25. The maximum absolute atomic E-state index is 13.0. The fraction of sp³-hybridized carbons (Fsp3) is 0.357. The number of nitrogens with zero attached hydrogens (tertiary/aromatic N) is 5. The number of aromatic nitrogens is 2. The molecule has 1 heterocycles. The third-order valence-electron chi connectivity index (χ3n) is 3.29. The van der Waals surface area contributed by atoms with Crippen LogP contribution in [-0.2, 0) is 4.74 Å². The Balaban J connectivity index is 2.30. The molecule has 0 aliphatic rings. The number of hydrogen-bond acceptors (Lipinski definition) is 4. The van der Waals surface area contributed by atoms with Gasteiger partial charge in [0, 0.05) is 18.1 Å². The van der Waals surface area contributed by atoms with E-state index in [1.54, 1.807) is 35.0 Å². The van der Waals surface area contributed by atoms with Gasteiger partial charge in [0.05, 0.1) is 23.5 Å². The molecule has 0 aliphatic carbocycles. The molecule has 2 aromatic rings. The Morgan fingerprint density at radius 1 is 1.45 bits per heavy atom. The van der Waals surface area contributed by atoms with Gasteiger partial charge in [0.1, 0.15) is 12.5 Å². The van der Waals surface area contributed by atoms with Crippen LogP contribution in [0.25, 0.3) is 16.1 Å². The fourth-order valence-electron chi connectivity index (χ4n) is 2.29. The molecule has 0 aliphatic heterocycles. The molecule has 7 nitrogen and oxygen atoms in total. The van der Waals surface area contributed by atoms with Crippen LogP contribution in [0, 0.1) is 6.92 Å². The highest BCUT2D eigenvalue weighted by molar-refractivity contribution is 5.44. The zero-order valence-corrected chi connectivity index (χ0v) is 12.3. The zero-order chi connectivity index (χ0) is 16.1. The molecule has 0 saturated heterocycles. The lowest BCUT2D eigenvalue weighted by Gasteiger charge is -2.20.